The van der Waals surface area contributed by atoms with Crippen molar-refractivity contribution in [2.45, 2.75) is 6.61 Å². The number of pyridine rings is 1. The number of carbonyl (C=O) groups is 1. The number of halogens is 1. The summed E-state index contributed by atoms with van der Waals surface area (Å²) in [5.41, 5.74) is -0.00579. The summed E-state index contributed by atoms with van der Waals surface area (Å²) in [5, 5.41) is 19.6. The average Bonchev–Trinajstić information content (AvgIpc) is 2.59. The van der Waals surface area contributed by atoms with Crippen molar-refractivity contribution in [3.05, 3.63) is 35.5 Å². The van der Waals surface area contributed by atoms with E-state index in [1.54, 1.807) is 0 Å². The monoisotopic (exact) mass is 216 g/mol. The SMILES string of the molecule is O=C([O-])c1cc(CO)cn2c(F)cnc12.[Li+]. The van der Waals surface area contributed by atoms with Gasteiger partial charge in [0.2, 0.25) is 5.95 Å². The third-order valence-corrected chi connectivity index (χ3v) is 2.02. The zero-order valence-corrected chi connectivity index (χ0v) is 8.48. The molecule has 2 aromatic heterocycles. The van der Waals surface area contributed by atoms with Gasteiger partial charge in [-0.05, 0) is 11.6 Å². The molecule has 0 bridgehead atoms. The van der Waals surface area contributed by atoms with Gasteiger partial charge in [0.1, 0.15) is 5.65 Å². The fourth-order valence-corrected chi connectivity index (χ4v) is 1.35. The Kier molecular flexibility index (Phi) is 3.70. The fourth-order valence-electron chi connectivity index (χ4n) is 1.35. The van der Waals surface area contributed by atoms with Crippen molar-refractivity contribution in [1.29, 1.82) is 0 Å². The van der Waals surface area contributed by atoms with Gasteiger partial charge in [-0.3, -0.25) is 4.40 Å². The third-order valence-electron chi connectivity index (χ3n) is 2.02. The molecule has 0 saturated heterocycles. The molecule has 0 aliphatic rings. The van der Waals surface area contributed by atoms with Gasteiger partial charge in [-0.1, -0.05) is 0 Å². The molecule has 0 aromatic carbocycles. The first-order valence-corrected chi connectivity index (χ1v) is 4.11. The van der Waals surface area contributed by atoms with E-state index in [1.807, 2.05) is 0 Å². The predicted octanol–water partition coefficient (Wildman–Crippen LogP) is -3.67. The smallest absolute Gasteiger partial charge is 0.545 e. The van der Waals surface area contributed by atoms with Gasteiger partial charge in [0.25, 0.3) is 0 Å². The first-order chi connectivity index (χ1) is 7.13. The summed E-state index contributed by atoms with van der Waals surface area (Å²) in [5.74, 6) is -2.15. The van der Waals surface area contributed by atoms with Crippen LogP contribution in [0.1, 0.15) is 15.9 Å². The summed E-state index contributed by atoms with van der Waals surface area (Å²) >= 11 is 0. The normalized spacial score (nSPS) is 10.1. The summed E-state index contributed by atoms with van der Waals surface area (Å²) < 4.78 is 14.1. The Morgan fingerprint density at radius 1 is 1.62 bits per heavy atom. The Labute approximate surface area is 102 Å². The van der Waals surface area contributed by atoms with Crippen LogP contribution in [-0.2, 0) is 6.61 Å². The van der Waals surface area contributed by atoms with E-state index in [9.17, 15) is 14.3 Å². The van der Waals surface area contributed by atoms with Crippen molar-refractivity contribution in [3.63, 3.8) is 0 Å². The number of aromatic nitrogens is 2. The van der Waals surface area contributed by atoms with E-state index in [4.69, 9.17) is 5.11 Å². The second-order valence-electron chi connectivity index (χ2n) is 2.98. The van der Waals surface area contributed by atoms with E-state index >= 15 is 0 Å². The van der Waals surface area contributed by atoms with E-state index in [0.29, 0.717) is 0 Å². The first kappa shape index (κ1) is 12.7. The number of hydrogen-bond donors (Lipinski definition) is 1. The Morgan fingerprint density at radius 3 is 2.88 bits per heavy atom. The average molecular weight is 216 g/mol. The van der Waals surface area contributed by atoms with Gasteiger partial charge in [0.05, 0.1) is 18.8 Å². The van der Waals surface area contributed by atoms with Gasteiger partial charge < -0.3 is 15.0 Å². The summed E-state index contributed by atoms with van der Waals surface area (Å²) in [6.07, 6.45) is 2.19. The zero-order chi connectivity index (χ0) is 11.0. The van der Waals surface area contributed by atoms with Crippen LogP contribution in [0, 0.1) is 5.95 Å². The molecule has 2 rings (SSSR count). The molecule has 0 saturated carbocycles. The van der Waals surface area contributed by atoms with Gasteiger partial charge in [0.15, 0.2) is 0 Å². The first-order valence-electron chi connectivity index (χ1n) is 4.11. The molecule has 0 aliphatic heterocycles. The summed E-state index contributed by atoms with van der Waals surface area (Å²) in [6.45, 7) is -0.381. The predicted molar refractivity (Wildman–Crippen MR) is 45.4 cm³/mol. The van der Waals surface area contributed by atoms with Gasteiger partial charge in [-0.2, -0.15) is 4.39 Å². The quantitative estimate of drug-likeness (QED) is 0.525. The number of aromatic carboxylic acids is 1. The van der Waals surface area contributed by atoms with Crippen molar-refractivity contribution in [3.8, 4) is 0 Å². The molecule has 0 unspecified atom stereocenters. The van der Waals surface area contributed by atoms with Gasteiger partial charge >= 0.3 is 18.9 Å². The molecule has 0 amide bonds. The summed E-state index contributed by atoms with van der Waals surface area (Å²) in [4.78, 5) is 14.3. The van der Waals surface area contributed by atoms with Crippen molar-refractivity contribution in [1.82, 2.24) is 9.38 Å². The van der Waals surface area contributed by atoms with E-state index in [0.717, 1.165) is 10.6 Å². The molecule has 7 heteroatoms. The molecule has 0 atom stereocenters. The van der Waals surface area contributed by atoms with Crippen molar-refractivity contribution in [2.24, 2.45) is 0 Å². The van der Waals surface area contributed by atoms with Crippen LogP contribution < -0.4 is 24.0 Å². The number of carboxylic acid groups (broad SMARTS) is 1. The number of rotatable bonds is 2. The van der Waals surface area contributed by atoms with Crippen LogP contribution in [0.5, 0.6) is 0 Å². The van der Waals surface area contributed by atoms with Crippen LogP contribution in [0.15, 0.2) is 18.5 Å². The molecule has 0 aliphatic carbocycles. The van der Waals surface area contributed by atoms with Gasteiger partial charge in [-0.25, -0.2) is 4.98 Å². The Hall–Kier alpha value is -1.35. The van der Waals surface area contributed by atoms with Crippen LogP contribution in [0.25, 0.3) is 5.65 Å². The number of fused-ring (bicyclic) bond motifs is 1. The Balaban J connectivity index is 0.00000128. The third kappa shape index (κ3) is 1.95. The molecule has 2 heterocycles. The standard InChI is InChI=1S/C9H7FN2O3.Li/c10-7-2-11-8-6(9(14)15)1-5(4-13)3-12(7)8;/h1-3,13H,4H2,(H,14,15);/q;+1/p-1. The van der Waals surface area contributed by atoms with Gasteiger partial charge in [0, 0.05) is 11.8 Å². The second kappa shape index (κ2) is 4.66. The molecule has 16 heavy (non-hydrogen) atoms. The number of nitrogens with zero attached hydrogens (tertiary/aromatic N) is 2. The molecule has 1 N–H and O–H groups in total. The van der Waals surface area contributed by atoms with E-state index in [2.05, 4.69) is 4.98 Å². The van der Waals surface area contributed by atoms with Crippen LogP contribution in [0.2, 0.25) is 0 Å². The molecule has 0 radical (unpaired) electrons. The maximum Gasteiger partial charge on any atom is 1.00 e. The number of aliphatic hydroxyl groups is 1. The zero-order valence-electron chi connectivity index (χ0n) is 8.48. The molecule has 5 nitrogen and oxygen atoms in total. The second-order valence-corrected chi connectivity index (χ2v) is 2.98. The van der Waals surface area contributed by atoms with Crippen LogP contribution in [0.3, 0.4) is 0 Å². The molecule has 2 aromatic rings. The summed E-state index contributed by atoms with van der Waals surface area (Å²) in [7, 11) is 0. The maximum atomic E-state index is 13.1. The molecule has 0 spiro atoms. The van der Waals surface area contributed by atoms with Gasteiger partial charge in [-0.15, -0.1) is 0 Å². The molecular weight excluding hydrogens is 210 g/mol. The number of carbonyl (C=O) groups excluding carboxylic acids is 1. The fraction of sp³-hybridized carbons (Fsp3) is 0.111. The van der Waals surface area contributed by atoms with Crippen molar-refractivity contribution < 1.29 is 38.3 Å². The van der Waals surface area contributed by atoms with Crippen LogP contribution >= 0.6 is 0 Å². The Bertz CT molecular complexity index is 541. The summed E-state index contributed by atoms with van der Waals surface area (Å²) in [6, 6.07) is 1.21. The molecular formula is C9H6FLiN2O3. The largest absolute Gasteiger partial charge is 1.00 e. The number of hydrogen-bond acceptors (Lipinski definition) is 4. The minimum atomic E-state index is -1.46. The number of aliphatic hydroxyl groups excluding tert-OH is 1. The minimum absolute atomic E-state index is 0. The molecule has 78 valence electrons. The van der Waals surface area contributed by atoms with E-state index in [-0.39, 0.29) is 42.2 Å². The van der Waals surface area contributed by atoms with Crippen molar-refractivity contribution >= 4 is 11.6 Å². The molecule has 0 fully saturated rings. The number of imidazole rings is 1. The van der Waals surface area contributed by atoms with Crippen LogP contribution in [-0.4, -0.2) is 20.5 Å². The van der Waals surface area contributed by atoms with E-state index < -0.39 is 11.9 Å². The minimum Gasteiger partial charge on any atom is -0.545 e. The van der Waals surface area contributed by atoms with Crippen LogP contribution in [0.4, 0.5) is 4.39 Å². The topological polar surface area (TPSA) is 77.7 Å². The number of carboxylic acids is 1. The van der Waals surface area contributed by atoms with E-state index in [1.165, 1.54) is 12.3 Å². The maximum absolute atomic E-state index is 13.1. The van der Waals surface area contributed by atoms with Crippen molar-refractivity contribution in [2.75, 3.05) is 0 Å². The Morgan fingerprint density at radius 2 is 2.31 bits per heavy atom.